The van der Waals surface area contributed by atoms with E-state index in [-0.39, 0.29) is 55.5 Å². The Balaban J connectivity index is 4.58. The van der Waals surface area contributed by atoms with Gasteiger partial charge in [-0.1, -0.05) is 125 Å². The van der Waals surface area contributed by atoms with Gasteiger partial charge in [0.05, 0.1) is 40.3 Å². The maximum absolute atomic E-state index is 12.6. The van der Waals surface area contributed by atoms with Gasteiger partial charge in [0.15, 0.2) is 6.10 Å². The first-order chi connectivity index (χ1) is 24.1. The molecule has 0 rings (SSSR count). The van der Waals surface area contributed by atoms with E-state index in [4.69, 9.17) is 14.2 Å². The van der Waals surface area contributed by atoms with Gasteiger partial charge in [0, 0.05) is 19.3 Å². The molecule has 282 valence electrons. The molecule has 2 unspecified atom stereocenters. The van der Waals surface area contributed by atoms with Gasteiger partial charge in [-0.3, -0.25) is 9.59 Å². The van der Waals surface area contributed by atoms with E-state index in [2.05, 4.69) is 50.3 Å². The monoisotopic (exact) mass is 697 g/mol. The van der Waals surface area contributed by atoms with Gasteiger partial charge in [-0.2, -0.15) is 0 Å². The highest BCUT2D eigenvalue weighted by molar-refractivity contribution is 5.70. The summed E-state index contributed by atoms with van der Waals surface area (Å²) in [7, 11) is 5.36. The quantitative estimate of drug-likeness (QED) is 0.0313. The second kappa shape index (κ2) is 32.7. The van der Waals surface area contributed by atoms with Crippen molar-refractivity contribution in [2.45, 2.75) is 122 Å². The number of unbranched alkanes of at least 4 members (excludes halogenated alkanes) is 8. The Morgan fingerprint density at radius 2 is 1.12 bits per heavy atom. The zero-order valence-electron chi connectivity index (χ0n) is 31.8. The Morgan fingerprint density at radius 3 is 1.64 bits per heavy atom. The summed E-state index contributed by atoms with van der Waals surface area (Å²) in [6.45, 7) is 4.34. The number of nitrogens with zero attached hydrogens (tertiary/aromatic N) is 1. The van der Waals surface area contributed by atoms with Crippen LogP contribution < -0.4 is 5.11 Å². The molecule has 0 aromatic heterocycles. The summed E-state index contributed by atoms with van der Waals surface area (Å²) in [5.41, 5.74) is 0. The number of carboxylic acids is 1. The summed E-state index contributed by atoms with van der Waals surface area (Å²) < 4.78 is 17.0. The zero-order chi connectivity index (χ0) is 37.1. The van der Waals surface area contributed by atoms with E-state index >= 15 is 0 Å². The van der Waals surface area contributed by atoms with Crippen LogP contribution in [-0.4, -0.2) is 75.5 Å². The molecule has 0 saturated carbocycles. The van der Waals surface area contributed by atoms with Crippen LogP contribution in [0.5, 0.6) is 0 Å². The molecule has 0 aliphatic heterocycles. The molecule has 2 atom stereocenters. The van der Waals surface area contributed by atoms with Crippen molar-refractivity contribution in [2.24, 2.45) is 0 Å². The fourth-order valence-electron chi connectivity index (χ4n) is 4.71. The highest BCUT2D eigenvalue weighted by Gasteiger charge is 2.25. The molecule has 8 nitrogen and oxygen atoms in total. The third-order valence-electron chi connectivity index (χ3n) is 7.67. The Labute approximate surface area is 303 Å². The Bertz CT molecular complexity index is 1090. The molecular weight excluding hydrogens is 630 g/mol. The minimum absolute atomic E-state index is 0.00999. The van der Waals surface area contributed by atoms with E-state index in [0.717, 1.165) is 51.4 Å². The number of hydrogen-bond acceptors (Lipinski definition) is 7. The molecule has 0 bridgehead atoms. The van der Waals surface area contributed by atoms with Crippen LogP contribution in [0.25, 0.3) is 0 Å². The third kappa shape index (κ3) is 30.6. The van der Waals surface area contributed by atoms with Crippen LogP contribution in [0.15, 0.2) is 85.1 Å². The normalized spacial score (nSPS) is 14.0. The van der Waals surface area contributed by atoms with Crippen LogP contribution in [0.1, 0.15) is 110 Å². The minimum Gasteiger partial charge on any atom is -0.544 e. The smallest absolute Gasteiger partial charge is 0.306 e. The molecular formula is C42H67NO7. The molecule has 0 heterocycles. The first-order valence-corrected chi connectivity index (χ1v) is 18.7. The number of carbonyl (C=O) groups is 3. The van der Waals surface area contributed by atoms with E-state index in [1.165, 1.54) is 12.8 Å². The zero-order valence-corrected chi connectivity index (χ0v) is 31.8. The first-order valence-electron chi connectivity index (χ1n) is 18.7. The van der Waals surface area contributed by atoms with Gasteiger partial charge < -0.3 is 28.6 Å². The number of carboxylic acid groups (broad SMARTS) is 1. The van der Waals surface area contributed by atoms with E-state index in [1.807, 2.05) is 48.6 Å². The number of ether oxygens (including phenoxy) is 3. The fourth-order valence-corrected chi connectivity index (χ4v) is 4.71. The second-order valence-corrected chi connectivity index (χ2v) is 13.2. The lowest BCUT2D eigenvalue weighted by molar-refractivity contribution is -0.889. The summed E-state index contributed by atoms with van der Waals surface area (Å²) in [5.74, 6) is -1.85. The molecule has 0 radical (unpaired) electrons. The van der Waals surface area contributed by atoms with Crippen LogP contribution in [0, 0.1) is 0 Å². The van der Waals surface area contributed by atoms with Gasteiger partial charge >= 0.3 is 11.9 Å². The van der Waals surface area contributed by atoms with E-state index < -0.39 is 18.1 Å². The highest BCUT2D eigenvalue weighted by Crippen LogP contribution is 2.11. The molecule has 0 aromatic carbocycles. The molecule has 0 aliphatic carbocycles. The minimum atomic E-state index is -1.14. The molecule has 0 N–H and O–H groups in total. The number of carbonyl (C=O) groups excluding carboxylic acids is 3. The number of hydrogen-bond donors (Lipinski definition) is 0. The van der Waals surface area contributed by atoms with Crippen LogP contribution in [0.3, 0.4) is 0 Å². The maximum atomic E-state index is 12.6. The number of aliphatic carboxylic acids is 1. The number of likely N-dealkylation sites (N-methyl/N-ethyl adjacent to an activating group) is 1. The van der Waals surface area contributed by atoms with E-state index in [0.29, 0.717) is 12.8 Å². The second-order valence-electron chi connectivity index (χ2n) is 13.2. The standard InChI is InChI=1S/C42H67NO7/c1-6-8-10-12-14-16-18-19-20-21-23-24-26-28-30-32-40(44)49-37-38(36-48-35-34-39(42(46)47)43(3,4)5)50-41(45)33-31-29-27-25-22-17-15-13-11-9-7-2/h8,10,12-23,38-39H,6-7,9,11,24-37H2,1-5H3/b10-8+,14-12+,15-13+,18-16+,20-19+,22-17+,23-21+. The Kier molecular flexibility index (Phi) is 30.4. The van der Waals surface area contributed by atoms with Crippen molar-refractivity contribution in [3.05, 3.63) is 85.1 Å². The van der Waals surface area contributed by atoms with Gasteiger partial charge in [0.1, 0.15) is 12.6 Å². The molecule has 8 heteroatoms. The van der Waals surface area contributed by atoms with Crippen molar-refractivity contribution in [3.63, 3.8) is 0 Å². The summed E-state index contributed by atoms with van der Waals surface area (Å²) in [6.07, 6.45) is 40.4. The van der Waals surface area contributed by atoms with Gasteiger partial charge in [-0.25, -0.2) is 0 Å². The van der Waals surface area contributed by atoms with Crippen LogP contribution in [0.2, 0.25) is 0 Å². The molecule has 0 aliphatic rings. The lowest BCUT2D eigenvalue weighted by Crippen LogP contribution is -2.55. The molecule has 0 fully saturated rings. The van der Waals surface area contributed by atoms with Crippen molar-refractivity contribution >= 4 is 17.9 Å². The SMILES string of the molecule is CC/C=C/C=C/C=C/C=C/C=C/CCCCCC(=O)OCC(COCCC(C(=O)[O-])[N+](C)(C)C)OC(=O)CCCCC/C=C/C=C/CCCC. The van der Waals surface area contributed by atoms with Crippen molar-refractivity contribution in [1.82, 2.24) is 0 Å². The number of esters is 2. The molecule has 0 amide bonds. The lowest BCUT2D eigenvalue weighted by Gasteiger charge is -2.34. The Morgan fingerprint density at radius 1 is 0.620 bits per heavy atom. The predicted molar refractivity (Wildman–Crippen MR) is 203 cm³/mol. The van der Waals surface area contributed by atoms with Crippen LogP contribution in [-0.2, 0) is 28.6 Å². The van der Waals surface area contributed by atoms with E-state index in [1.54, 1.807) is 21.1 Å². The van der Waals surface area contributed by atoms with E-state index in [9.17, 15) is 19.5 Å². The fraction of sp³-hybridized carbons (Fsp3) is 0.595. The summed E-state index contributed by atoms with van der Waals surface area (Å²) >= 11 is 0. The topological polar surface area (TPSA) is 102 Å². The van der Waals surface area contributed by atoms with Gasteiger partial charge in [0.25, 0.3) is 0 Å². The summed E-state index contributed by atoms with van der Waals surface area (Å²) in [4.78, 5) is 36.6. The molecule has 50 heavy (non-hydrogen) atoms. The first kappa shape index (κ1) is 46.5. The average Bonchev–Trinajstić information content (AvgIpc) is 3.06. The maximum Gasteiger partial charge on any atom is 0.306 e. The predicted octanol–water partition coefficient (Wildman–Crippen LogP) is 8.07. The van der Waals surface area contributed by atoms with Gasteiger partial charge in [0.2, 0.25) is 0 Å². The molecule has 0 aromatic rings. The summed E-state index contributed by atoms with van der Waals surface area (Å²) in [6, 6.07) is -0.740. The molecule has 0 saturated heterocycles. The average molecular weight is 698 g/mol. The van der Waals surface area contributed by atoms with Crippen LogP contribution in [0.4, 0.5) is 0 Å². The number of rotatable bonds is 31. The Hall–Kier alpha value is -3.49. The van der Waals surface area contributed by atoms with Crippen molar-refractivity contribution < 1.29 is 38.2 Å². The lowest BCUT2D eigenvalue weighted by atomic mass is 10.1. The third-order valence-corrected chi connectivity index (χ3v) is 7.67. The molecule has 0 spiro atoms. The van der Waals surface area contributed by atoms with Crippen molar-refractivity contribution in [3.8, 4) is 0 Å². The van der Waals surface area contributed by atoms with Gasteiger partial charge in [-0.05, 0) is 51.4 Å². The van der Waals surface area contributed by atoms with Crippen molar-refractivity contribution in [1.29, 1.82) is 0 Å². The number of allylic oxidation sites excluding steroid dienone is 14. The van der Waals surface area contributed by atoms with Crippen LogP contribution >= 0.6 is 0 Å². The summed E-state index contributed by atoms with van der Waals surface area (Å²) in [5, 5.41) is 11.6. The largest absolute Gasteiger partial charge is 0.544 e. The van der Waals surface area contributed by atoms with Gasteiger partial charge in [-0.15, -0.1) is 0 Å². The van der Waals surface area contributed by atoms with Crippen molar-refractivity contribution in [2.75, 3.05) is 41.0 Å². The highest BCUT2D eigenvalue weighted by atomic mass is 16.6. The number of quaternary nitrogens is 1.